The Morgan fingerprint density at radius 3 is 2.43 bits per heavy atom. The van der Waals surface area contributed by atoms with Crippen molar-refractivity contribution in [1.82, 2.24) is 0 Å². The standard InChI is InChI=1S/C13H17N/c1-10-5-6-11(2)12(9-10)7-8-13(3,4)14/h5-6,9H,14H2,1-4H3. The fourth-order valence-corrected chi connectivity index (χ4v) is 1.10. The summed E-state index contributed by atoms with van der Waals surface area (Å²) in [5, 5.41) is 0. The molecule has 0 aliphatic carbocycles. The second kappa shape index (κ2) is 3.86. The summed E-state index contributed by atoms with van der Waals surface area (Å²) < 4.78 is 0. The number of aryl methyl sites for hydroxylation is 2. The van der Waals surface area contributed by atoms with Crippen LogP contribution in [0.15, 0.2) is 18.2 Å². The van der Waals surface area contributed by atoms with Gasteiger partial charge in [0.2, 0.25) is 0 Å². The van der Waals surface area contributed by atoms with E-state index in [9.17, 15) is 0 Å². The zero-order valence-electron chi connectivity index (χ0n) is 9.31. The Labute approximate surface area is 86.3 Å². The third-order valence-corrected chi connectivity index (χ3v) is 1.91. The highest BCUT2D eigenvalue weighted by atomic mass is 14.7. The summed E-state index contributed by atoms with van der Waals surface area (Å²) in [7, 11) is 0. The van der Waals surface area contributed by atoms with Crippen LogP contribution in [0.25, 0.3) is 0 Å². The fraction of sp³-hybridized carbons (Fsp3) is 0.385. The van der Waals surface area contributed by atoms with Gasteiger partial charge in [0.25, 0.3) is 0 Å². The van der Waals surface area contributed by atoms with E-state index in [1.807, 2.05) is 13.8 Å². The minimum Gasteiger partial charge on any atom is -0.316 e. The Balaban J connectivity index is 3.06. The topological polar surface area (TPSA) is 26.0 Å². The van der Waals surface area contributed by atoms with Gasteiger partial charge < -0.3 is 5.73 Å². The molecule has 2 N–H and O–H groups in total. The summed E-state index contributed by atoms with van der Waals surface area (Å²) in [6.45, 7) is 7.95. The lowest BCUT2D eigenvalue weighted by Crippen LogP contribution is -2.29. The van der Waals surface area contributed by atoms with Crippen LogP contribution in [0.2, 0.25) is 0 Å². The average Bonchev–Trinajstić information content (AvgIpc) is 2.05. The molecule has 0 aliphatic rings. The van der Waals surface area contributed by atoms with Crippen molar-refractivity contribution in [2.45, 2.75) is 33.2 Å². The molecule has 0 fully saturated rings. The summed E-state index contributed by atoms with van der Waals surface area (Å²) in [5.74, 6) is 6.15. The van der Waals surface area contributed by atoms with Gasteiger partial charge in [0.15, 0.2) is 0 Å². The molecule has 0 amide bonds. The largest absolute Gasteiger partial charge is 0.316 e. The van der Waals surface area contributed by atoms with Crippen LogP contribution in [0.4, 0.5) is 0 Å². The van der Waals surface area contributed by atoms with E-state index in [1.54, 1.807) is 0 Å². The molecule has 1 rings (SSSR count). The second-order valence-corrected chi connectivity index (χ2v) is 4.29. The van der Waals surface area contributed by atoms with E-state index >= 15 is 0 Å². The van der Waals surface area contributed by atoms with Crippen LogP contribution in [-0.4, -0.2) is 5.54 Å². The highest BCUT2D eigenvalue weighted by Gasteiger charge is 2.04. The first kappa shape index (κ1) is 10.8. The predicted molar refractivity (Wildman–Crippen MR) is 61.1 cm³/mol. The van der Waals surface area contributed by atoms with E-state index in [0.717, 1.165) is 5.56 Å². The van der Waals surface area contributed by atoms with E-state index in [4.69, 9.17) is 5.73 Å². The smallest absolute Gasteiger partial charge is 0.0722 e. The quantitative estimate of drug-likeness (QED) is 0.620. The van der Waals surface area contributed by atoms with Gasteiger partial charge in [-0.2, -0.15) is 0 Å². The molecule has 0 atom stereocenters. The molecular weight excluding hydrogens is 170 g/mol. The summed E-state index contributed by atoms with van der Waals surface area (Å²) in [5.41, 5.74) is 8.88. The summed E-state index contributed by atoms with van der Waals surface area (Å²) in [6.07, 6.45) is 0. The Morgan fingerprint density at radius 2 is 1.86 bits per heavy atom. The lowest BCUT2D eigenvalue weighted by Gasteiger charge is -2.08. The van der Waals surface area contributed by atoms with E-state index in [0.29, 0.717) is 0 Å². The van der Waals surface area contributed by atoms with Crippen molar-refractivity contribution in [2.75, 3.05) is 0 Å². The lowest BCUT2D eigenvalue weighted by atomic mass is 10.0. The summed E-state index contributed by atoms with van der Waals surface area (Å²) in [6, 6.07) is 6.27. The highest BCUT2D eigenvalue weighted by molar-refractivity contribution is 5.44. The number of hydrogen-bond donors (Lipinski definition) is 1. The van der Waals surface area contributed by atoms with Gasteiger partial charge in [0, 0.05) is 5.56 Å². The van der Waals surface area contributed by atoms with Crippen molar-refractivity contribution in [3.63, 3.8) is 0 Å². The van der Waals surface area contributed by atoms with Gasteiger partial charge in [-0.1, -0.05) is 24.0 Å². The van der Waals surface area contributed by atoms with Gasteiger partial charge >= 0.3 is 0 Å². The molecule has 0 heterocycles. The van der Waals surface area contributed by atoms with Crippen LogP contribution < -0.4 is 5.73 Å². The van der Waals surface area contributed by atoms with Gasteiger partial charge in [0.1, 0.15) is 0 Å². The van der Waals surface area contributed by atoms with E-state index < -0.39 is 5.54 Å². The third-order valence-electron chi connectivity index (χ3n) is 1.91. The maximum absolute atomic E-state index is 5.80. The number of rotatable bonds is 0. The molecule has 14 heavy (non-hydrogen) atoms. The molecule has 1 aromatic rings. The van der Waals surface area contributed by atoms with Gasteiger partial charge in [-0.05, 0) is 44.9 Å². The van der Waals surface area contributed by atoms with Gasteiger partial charge in [-0.3, -0.25) is 0 Å². The minimum absolute atomic E-state index is 0.420. The summed E-state index contributed by atoms with van der Waals surface area (Å²) >= 11 is 0. The molecule has 0 bridgehead atoms. The summed E-state index contributed by atoms with van der Waals surface area (Å²) in [4.78, 5) is 0. The van der Waals surface area contributed by atoms with Crippen LogP contribution in [0.1, 0.15) is 30.5 Å². The molecule has 0 aliphatic heterocycles. The van der Waals surface area contributed by atoms with Crippen molar-refractivity contribution >= 4 is 0 Å². The number of hydrogen-bond acceptors (Lipinski definition) is 1. The van der Waals surface area contributed by atoms with E-state index in [-0.39, 0.29) is 0 Å². The molecule has 74 valence electrons. The first-order chi connectivity index (χ1) is 6.38. The number of nitrogens with two attached hydrogens (primary N) is 1. The van der Waals surface area contributed by atoms with Gasteiger partial charge in [0.05, 0.1) is 5.54 Å². The zero-order valence-corrected chi connectivity index (χ0v) is 9.31. The van der Waals surface area contributed by atoms with Crippen molar-refractivity contribution in [3.05, 3.63) is 34.9 Å². The molecule has 0 saturated heterocycles. The van der Waals surface area contributed by atoms with Crippen molar-refractivity contribution in [1.29, 1.82) is 0 Å². The van der Waals surface area contributed by atoms with Crippen molar-refractivity contribution in [2.24, 2.45) is 5.73 Å². The lowest BCUT2D eigenvalue weighted by molar-refractivity contribution is 0.680. The maximum Gasteiger partial charge on any atom is 0.0722 e. The van der Waals surface area contributed by atoms with Crippen LogP contribution in [0.3, 0.4) is 0 Å². The Bertz CT molecular complexity index is 386. The molecule has 0 saturated carbocycles. The molecule has 0 spiro atoms. The van der Waals surface area contributed by atoms with Crippen LogP contribution >= 0.6 is 0 Å². The van der Waals surface area contributed by atoms with Crippen LogP contribution in [-0.2, 0) is 0 Å². The average molecular weight is 187 g/mol. The molecule has 0 aromatic heterocycles. The second-order valence-electron chi connectivity index (χ2n) is 4.29. The molecule has 1 nitrogen and oxygen atoms in total. The zero-order chi connectivity index (χ0) is 10.8. The third kappa shape index (κ3) is 3.24. The predicted octanol–water partition coefficient (Wildman–Crippen LogP) is 2.39. The Kier molecular flexibility index (Phi) is 2.98. The van der Waals surface area contributed by atoms with Crippen LogP contribution in [0, 0.1) is 25.7 Å². The first-order valence-corrected chi connectivity index (χ1v) is 4.78. The minimum atomic E-state index is -0.420. The fourth-order valence-electron chi connectivity index (χ4n) is 1.10. The molecule has 1 aromatic carbocycles. The molecular formula is C13H17N. The first-order valence-electron chi connectivity index (χ1n) is 4.78. The molecule has 1 heteroatoms. The van der Waals surface area contributed by atoms with E-state index in [2.05, 4.69) is 43.9 Å². The monoisotopic (exact) mass is 187 g/mol. The van der Waals surface area contributed by atoms with Gasteiger partial charge in [-0.25, -0.2) is 0 Å². The van der Waals surface area contributed by atoms with Crippen molar-refractivity contribution in [3.8, 4) is 11.8 Å². The Hall–Kier alpha value is -1.26. The molecule has 0 radical (unpaired) electrons. The van der Waals surface area contributed by atoms with E-state index in [1.165, 1.54) is 11.1 Å². The highest BCUT2D eigenvalue weighted by Crippen LogP contribution is 2.09. The number of benzene rings is 1. The normalized spacial score (nSPS) is 10.6. The molecule has 0 unspecified atom stereocenters. The van der Waals surface area contributed by atoms with Gasteiger partial charge in [-0.15, -0.1) is 0 Å². The maximum atomic E-state index is 5.80. The van der Waals surface area contributed by atoms with Crippen LogP contribution in [0.5, 0.6) is 0 Å². The van der Waals surface area contributed by atoms with Crippen molar-refractivity contribution < 1.29 is 0 Å². The SMILES string of the molecule is Cc1ccc(C)c(C#CC(C)(C)N)c1. The Morgan fingerprint density at radius 1 is 1.21 bits per heavy atom.